The van der Waals surface area contributed by atoms with Gasteiger partial charge in [-0.15, -0.1) is 0 Å². The van der Waals surface area contributed by atoms with Crippen molar-refractivity contribution in [2.75, 3.05) is 0 Å². The minimum absolute atomic E-state index is 0.268. The van der Waals surface area contributed by atoms with Crippen molar-refractivity contribution in [2.45, 2.75) is 6.92 Å². The second kappa shape index (κ2) is 6.35. The molecule has 2 rings (SSSR count). The molecule has 1 aromatic heterocycles. The minimum atomic E-state index is -0.268. The Morgan fingerprint density at radius 3 is 2.42 bits per heavy atom. The fourth-order valence-electron chi connectivity index (χ4n) is 1.61. The van der Waals surface area contributed by atoms with Crippen LogP contribution in [-0.4, -0.2) is 10.9 Å². The van der Waals surface area contributed by atoms with E-state index < -0.39 is 0 Å². The summed E-state index contributed by atoms with van der Waals surface area (Å²) >= 11 is 0. The molecule has 19 heavy (non-hydrogen) atoms. The molecule has 0 atom stereocenters. The van der Waals surface area contributed by atoms with Crippen molar-refractivity contribution < 1.29 is 4.79 Å². The van der Waals surface area contributed by atoms with E-state index in [4.69, 9.17) is 0 Å². The number of benzene rings is 1. The summed E-state index contributed by atoms with van der Waals surface area (Å²) < 4.78 is 0. The lowest BCUT2D eigenvalue weighted by Crippen LogP contribution is -2.36. The van der Waals surface area contributed by atoms with E-state index >= 15 is 0 Å². The summed E-state index contributed by atoms with van der Waals surface area (Å²) in [6.45, 7) is 1.91. The van der Waals surface area contributed by atoms with Crippen LogP contribution in [0.1, 0.15) is 23.0 Å². The van der Waals surface area contributed by atoms with Gasteiger partial charge in [0.2, 0.25) is 0 Å². The van der Waals surface area contributed by atoms with Gasteiger partial charge in [-0.05, 0) is 24.6 Å². The molecule has 0 fully saturated rings. The number of nitrogens with zero attached hydrogens (tertiary/aromatic N) is 1. The maximum absolute atomic E-state index is 11.8. The highest BCUT2D eigenvalue weighted by molar-refractivity contribution is 5.92. The molecule has 0 aliphatic carbocycles. The third kappa shape index (κ3) is 3.42. The van der Waals surface area contributed by atoms with Crippen molar-refractivity contribution in [3.63, 3.8) is 0 Å². The molecule has 1 amide bonds. The van der Waals surface area contributed by atoms with Gasteiger partial charge in [-0.25, -0.2) is 0 Å². The molecule has 0 spiro atoms. The van der Waals surface area contributed by atoms with Crippen molar-refractivity contribution in [2.24, 2.45) is 0 Å². The first kappa shape index (κ1) is 12.8. The van der Waals surface area contributed by atoms with Gasteiger partial charge in [0.1, 0.15) is 5.69 Å². The number of hydrogen-bond acceptors (Lipinski definition) is 3. The predicted molar refractivity (Wildman–Crippen MR) is 74.9 cm³/mol. The van der Waals surface area contributed by atoms with E-state index in [0.717, 1.165) is 11.3 Å². The number of carbonyl (C=O) groups excluding carboxylic acids is 1. The highest BCUT2D eigenvalue weighted by atomic mass is 16.2. The van der Waals surface area contributed by atoms with Crippen LogP contribution in [0.2, 0.25) is 0 Å². The Balaban J connectivity index is 2.00. The summed E-state index contributed by atoms with van der Waals surface area (Å²) in [5, 5.41) is 0. The first-order valence-corrected chi connectivity index (χ1v) is 6.00. The maximum Gasteiger partial charge on any atom is 0.288 e. The predicted octanol–water partition coefficient (Wildman–Crippen LogP) is 2.38. The van der Waals surface area contributed by atoms with Gasteiger partial charge in [-0.2, -0.15) is 0 Å². The fourth-order valence-corrected chi connectivity index (χ4v) is 1.61. The molecular weight excluding hydrogens is 238 g/mol. The highest BCUT2D eigenvalue weighted by Gasteiger charge is 2.06. The number of pyridine rings is 1. The number of hydrazine groups is 1. The molecule has 0 saturated carbocycles. The quantitative estimate of drug-likeness (QED) is 0.822. The highest BCUT2D eigenvalue weighted by Crippen LogP contribution is 2.09. The third-order valence-corrected chi connectivity index (χ3v) is 2.58. The van der Waals surface area contributed by atoms with Gasteiger partial charge >= 0.3 is 0 Å². The van der Waals surface area contributed by atoms with Crippen molar-refractivity contribution in [3.05, 3.63) is 72.1 Å². The van der Waals surface area contributed by atoms with Gasteiger partial charge in [0, 0.05) is 6.20 Å². The normalized spacial score (nSPS) is 10.9. The molecule has 2 N–H and O–H groups in total. The van der Waals surface area contributed by atoms with E-state index in [2.05, 4.69) is 15.8 Å². The maximum atomic E-state index is 11.8. The summed E-state index contributed by atoms with van der Waals surface area (Å²) in [7, 11) is 0. The van der Waals surface area contributed by atoms with Crippen molar-refractivity contribution in [1.29, 1.82) is 0 Å². The van der Waals surface area contributed by atoms with Crippen LogP contribution >= 0.6 is 0 Å². The van der Waals surface area contributed by atoms with Crippen molar-refractivity contribution >= 4 is 11.6 Å². The molecule has 2 aromatic rings. The van der Waals surface area contributed by atoms with E-state index in [-0.39, 0.29) is 5.91 Å². The van der Waals surface area contributed by atoms with Crippen molar-refractivity contribution in [1.82, 2.24) is 15.8 Å². The molecule has 0 radical (unpaired) electrons. The Kier molecular flexibility index (Phi) is 4.29. The van der Waals surface area contributed by atoms with E-state index in [1.165, 1.54) is 0 Å². The molecule has 0 bridgehead atoms. The van der Waals surface area contributed by atoms with Crippen LogP contribution in [0.15, 0.2) is 60.8 Å². The van der Waals surface area contributed by atoms with Crippen LogP contribution in [-0.2, 0) is 0 Å². The number of rotatable bonds is 4. The van der Waals surface area contributed by atoms with Gasteiger partial charge in [0.05, 0.1) is 5.70 Å². The Morgan fingerprint density at radius 1 is 1.05 bits per heavy atom. The zero-order chi connectivity index (χ0) is 13.5. The Morgan fingerprint density at radius 2 is 1.79 bits per heavy atom. The molecule has 4 nitrogen and oxygen atoms in total. The molecule has 0 aliphatic rings. The summed E-state index contributed by atoms with van der Waals surface area (Å²) in [6.07, 6.45) is 3.48. The number of amides is 1. The molecule has 1 heterocycles. The molecule has 0 aliphatic heterocycles. The molecular formula is C15H15N3O. The van der Waals surface area contributed by atoms with Gasteiger partial charge in [-0.1, -0.05) is 42.5 Å². The Labute approximate surface area is 112 Å². The zero-order valence-corrected chi connectivity index (χ0v) is 10.6. The first-order valence-electron chi connectivity index (χ1n) is 6.00. The van der Waals surface area contributed by atoms with Gasteiger partial charge in [0.25, 0.3) is 5.91 Å². The zero-order valence-electron chi connectivity index (χ0n) is 10.6. The molecule has 4 heteroatoms. The number of carbonyl (C=O) groups is 1. The lowest BCUT2D eigenvalue weighted by atomic mass is 10.1. The smallest absolute Gasteiger partial charge is 0.288 e. The SMILES string of the molecule is C/C=C(\NNC(=O)c1ccccn1)c1ccccc1. The van der Waals surface area contributed by atoms with Crippen LogP contribution in [0, 0.1) is 0 Å². The van der Waals surface area contributed by atoms with Crippen LogP contribution in [0.5, 0.6) is 0 Å². The van der Waals surface area contributed by atoms with Gasteiger partial charge < -0.3 is 0 Å². The summed E-state index contributed by atoms with van der Waals surface area (Å²) in [5.41, 5.74) is 7.75. The Bertz CT molecular complexity index is 564. The minimum Gasteiger partial charge on any atom is -0.298 e. The van der Waals surface area contributed by atoms with E-state index in [0.29, 0.717) is 5.69 Å². The van der Waals surface area contributed by atoms with Crippen LogP contribution in [0.25, 0.3) is 5.70 Å². The Hall–Kier alpha value is -2.62. The third-order valence-electron chi connectivity index (χ3n) is 2.58. The number of aromatic nitrogens is 1. The lowest BCUT2D eigenvalue weighted by Gasteiger charge is -2.11. The number of nitrogens with one attached hydrogen (secondary N) is 2. The fraction of sp³-hybridized carbons (Fsp3) is 0.0667. The largest absolute Gasteiger partial charge is 0.298 e. The van der Waals surface area contributed by atoms with Crippen LogP contribution < -0.4 is 10.9 Å². The second-order valence-corrected chi connectivity index (χ2v) is 3.86. The number of allylic oxidation sites excluding steroid dienone is 1. The summed E-state index contributed by atoms with van der Waals surface area (Å²) in [6, 6.07) is 15.0. The topological polar surface area (TPSA) is 54.0 Å². The molecule has 0 unspecified atom stereocenters. The lowest BCUT2D eigenvalue weighted by molar-refractivity contribution is 0.0937. The van der Waals surface area contributed by atoms with Crippen molar-refractivity contribution in [3.8, 4) is 0 Å². The molecule has 96 valence electrons. The standard InChI is InChI=1S/C15H15N3O/c1-2-13(12-8-4-3-5-9-12)17-18-15(19)14-10-6-7-11-16-14/h2-11,17H,1H3,(H,18,19)/b13-2-. The van der Waals surface area contributed by atoms with Gasteiger partial charge in [0.15, 0.2) is 0 Å². The average Bonchev–Trinajstić information content (AvgIpc) is 2.49. The first-order chi connectivity index (χ1) is 9.31. The summed E-state index contributed by atoms with van der Waals surface area (Å²) in [5.74, 6) is -0.268. The van der Waals surface area contributed by atoms with Crippen LogP contribution in [0.3, 0.4) is 0 Å². The number of hydrogen-bond donors (Lipinski definition) is 2. The van der Waals surface area contributed by atoms with Crippen LogP contribution in [0.4, 0.5) is 0 Å². The second-order valence-electron chi connectivity index (χ2n) is 3.86. The van der Waals surface area contributed by atoms with Gasteiger partial charge in [-0.3, -0.25) is 20.6 Å². The van der Waals surface area contributed by atoms with E-state index in [9.17, 15) is 4.79 Å². The average molecular weight is 253 g/mol. The van der Waals surface area contributed by atoms with E-state index in [1.54, 1.807) is 24.4 Å². The van der Waals surface area contributed by atoms with E-state index in [1.807, 2.05) is 43.3 Å². The summed E-state index contributed by atoms with van der Waals surface area (Å²) in [4.78, 5) is 15.8. The molecule has 1 aromatic carbocycles. The monoisotopic (exact) mass is 253 g/mol. The molecule has 0 saturated heterocycles.